The maximum absolute atomic E-state index is 13.4. The summed E-state index contributed by atoms with van der Waals surface area (Å²) in [6.07, 6.45) is 0. The van der Waals surface area contributed by atoms with Crippen LogP contribution in [-0.4, -0.2) is 35.0 Å². The lowest BCUT2D eigenvalue weighted by atomic mass is 9.96. The Labute approximate surface area is 150 Å². The van der Waals surface area contributed by atoms with E-state index in [1.165, 1.54) is 0 Å². The molecule has 2 aromatic rings. The predicted molar refractivity (Wildman–Crippen MR) is 102 cm³/mol. The zero-order chi connectivity index (χ0) is 18.7. The molecule has 0 N–H and O–H groups in total. The van der Waals surface area contributed by atoms with Crippen LogP contribution in [0.25, 0.3) is 11.1 Å². The van der Waals surface area contributed by atoms with E-state index < -0.39 is 0 Å². The van der Waals surface area contributed by atoms with E-state index in [9.17, 15) is 4.79 Å². The lowest BCUT2D eigenvalue weighted by Crippen LogP contribution is -2.42. The molecule has 0 spiro atoms. The lowest BCUT2D eigenvalue weighted by molar-refractivity contribution is 0.0641. The molecule has 0 atom stereocenters. The average Bonchev–Trinajstić information content (AvgIpc) is 2.52. The van der Waals surface area contributed by atoms with Crippen LogP contribution in [0.5, 0.6) is 5.75 Å². The van der Waals surface area contributed by atoms with Crippen LogP contribution in [0, 0.1) is 13.8 Å². The monoisotopic (exact) mass is 340 g/mol. The van der Waals surface area contributed by atoms with Gasteiger partial charge in [0.2, 0.25) is 0 Å². The summed E-state index contributed by atoms with van der Waals surface area (Å²) in [5.74, 6) is 0.588. The normalized spacial score (nSPS) is 11.1. The van der Waals surface area contributed by atoms with Crippen LogP contribution in [0.1, 0.15) is 49.4 Å². The second kappa shape index (κ2) is 7.68. The number of hydrogen-bond acceptors (Lipinski definition) is 3. The first-order valence-corrected chi connectivity index (χ1v) is 8.71. The molecular weight excluding hydrogens is 312 g/mol. The van der Waals surface area contributed by atoms with E-state index in [1.54, 1.807) is 7.11 Å². The molecule has 0 saturated heterocycles. The Bertz CT molecular complexity index is 738. The largest absolute Gasteiger partial charge is 0.496 e. The fourth-order valence-corrected chi connectivity index (χ4v) is 3.35. The Morgan fingerprint density at radius 2 is 1.60 bits per heavy atom. The lowest BCUT2D eigenvalue weighted by Gasteiger charge is -2.32. The van der Waals surface area contributed by atoms with Crippen LogP contribution in [-0.2, 0) is 0 Å². The van der Waals surface area contributed by atoms with Crippen LogP contribution in [0.3, 0.4) is 0 Å². The van der Waals surface area contributed by atoms with Gasteiger partial charge in [0.25, 0.3) is 5.91 Å². The molecule has 0 aliphatic heterocycles. The van der Waals surface area contributed by atoms with E-state index in [2.05, 4.69) is 4.98 Å². The molecule has 0 bridgehead atoms. The molecule has 4 heteroatoms. The number of aryl methyl sites for hydroxylation is 2. The molecule has 1 aromatic carbocycles. The molecule has 0 radical (unpaired) electrons. The van der Waals surface area contributed by atoms with Gasteiger partial charge in [0.05, 0.1) is 12.7 Å². The Morgan fingerprint density at radius 3 is 2.08 bits per heavy atom. The van der Waals surface area contributed by atoms with Crippen molar-refractivity contribution in [3.63, 3.8) is 0 Å². The molecule has 1 aromatic heterocycles. The van der Waals surface area contributed by atoms with Crippen LogP contribution in [0.15, 0.2) is 30.3 Å². The average molecular weight is 340 g/mol. The minimum Gasteiger partial charge on any atom is -0.496 e. The van der Waals surface area contributed by atoms with Crippen LogP contribution in [0.2, 0.25) is 0 Å². The fourth-order valence-electron chi connectivity index (χ4n) is 3.35. The third-order valence-electron chi connectivity index (χ3n) is 4.20. The number of aromatic nitrogens is 1. The molecule has 0 fully saturated rings. The summed E-state index contributed by atoms with van der Waals surface area (Å²) in [7, 11) is 1.61. The molecule has 25 heavy (non-hydrogen) atoms. The summed E-state index contributed by atoms with van der Waals surface area (Å²) in [6.45, 7) is 12.1. The highest BCUT2D eigenvalue weighted by Gasteiger charge is 2.27. The van der Waals surface area contributed by atoms with Crippen molar-refractivity contribution in [2.45, 2.75) is 53.6 Å². The third-order valence-corrected chi connectivity index (χ3v) is 4.20. The van der Waals surface area contributed by atoms with E-state index >= 15 is 0 Å². The number of carbonyl (C=O) groups excluding carboxylic acids is 1. The molecule has 0 aliphatic rings. The second-order valence-corrected chi connectivity index (χ2v) is 6.92. The number of rotatable bonds is 5. The Hall–Kier alpha value is -2.36. The third kappa shape index (κ3) is 4.01. The smallest absolute Gasteiger partial charge is 0.258 e. The van der Waals surface area contributed by atoms with Gasteiger partial charge < -0.3 is 9.64 Å². The summed E-state index contributed by atoms with van der Waals surface area (Å²) in [5.41, 5.74) is 4.34. The van der Waals surface area contributed by atoms with Gasteiger partial charge in [-0.2, -0.15) is 0 Å². The van der Waals surface area contributed by atoms with Gasteiger partial charge in [-0.25, -0.2) is 0 Å². The van der Waals surface area contributed by atoms with E-state index in [-0.39, 0.29) is 18.0 Å². The Kier molecular flexibility index (Phi) is 5.83. The van der Waals surface area contributed by atoms with E-state index in [0.717, 1.165) is 22.5 Å². The van der Waals surface area contributed by atoms with Crippen molar-refractivity contribution in [3.8, 4) is 16.9 Å². The predicted octanol–water partition coefficient (Wildman–Crippen LogP) is 4.63. The number of nitrogens with zero attached hydrogens (tertiary/aromatic N) is 2. The zero-order valence-electron chi connectivity index (χ0n) is 16.3. The minimum absolute atomic E-state index is 0.00966. The van der Waals surface area contributed by atoms with Crippen LogP contribution in [0.4, 0.5) is 0 Å². The number of pyridine rings is 1. The highest BCUT2D eigenvalue weighted by molar-refractivity contribution is 6.03. The van der Waals surface area contributed by atoms with Gasteiger partial charge in [-0.15, -0.1) is 0 Å². The maximum atomic E-state index is 13.4. The standard InChI is InChI=1S/C21H28N2O2/c1-13(2)23(14(3)4)21(24)20-18(9-8-10-19(20)25-7)17-11-15(5)22-16(6)12-17/h8-14H,1-7H3. The van der Waals surface area contributed by atoms with Gasteiger partial charge in [0, 0.05) is 23.5 Å². The molecule has 0 aliphatic carbocycles. The number of carbonyl (C=O) groups is 1. The quantitative estimate of drug-likeness (QED) is 0.797. The van der Waals surface area contributed by atoms with E-state index in [0.29, 0.717) is 11.3 Å². The van der Waals surface area contributed by atoms with E-state index in [4.69, 9.17) is 4.74 Å². The number of ether oxygens (including phenoxy) is 1. The molecule has 0 saturated carbocycles. The van der Waals surface area contributed by atoms with Crippen molar-refractivity contribution in [2.24, 2.45) is 0 Å². The van der Waals surface area contributed by atoms with Crippen molar-refractivity contribution in [2.75, 3.05) is 7.11 Å². The molecule has 1 amide bonds. The highest BCUT2D eigenvalue weighted by atomic mass is 16.5. The maximum Gasteiger partial charge on any atom is 0.258 e. The number of methoxy groups -OCH3 is 1. The molecule has 0 unspecified atom stereocenters. The molecule has 134 valence electrons. The van der Waals surface area contributed by atoms with Crippen molar-refractivity contribution in [1.29, 1.82) is 0 Å². The first kappa shape index (κ1) is 19.0. The van der Waals surface area contributed by atoms with Gasteiger partial charge in [-0.3, -0.25) is 9.78 Å². The molecule has 2 rings (SSSR count). The first-order chi connectivity index (χ1) is 11.8. The van der Waals surface area contributed by atoms with Gasteiger partial charge in [0.1, 0.15) is 5.75 Å². The summed E-state index contributed by atoms with van der Waals surface area (Å²) >= 11 is 0. The van der Waals surface area contributed by atoms with E-state index in [1.807, 2.05) is 76.8 Å². The SMILES string of the molecule is COc1cccc(-c2cc(C)nc(C)c2)c1C(=O)N(C(C)C)C(C)C. The van der Waals surface area contributed by atoms with Crippen LogP contribution < -0.4 is 4.74 Å². The van der Waals surface area contributed by atoms with Gasteiger partial charge in [-0.05, 0) is 70.9 Å². The molecule has 1 heterocycles. The highest BCUT2D eigenvalue weighted by Crippen LogP contribution is 2.33. The number of benzene rings is 1. The summed E-state index contributed by atoms with van der Waals surface area (Å²) in [4.78, 5) is 19.7. The van der Waals surface area contributed by atoms with Crippen molar-refractivity contribution >= 4 is 5.91 Å². The summed E-state index contributed by atoms with van der Waals surface area (Å²) < 4.78 is 5.54. The fraction of sp³-hybridized carbons (Fsp3) is 0.429. The van der Waals surface area contributed by atoms with Crippen molar-refractivity contribution in [3.05, 3.63) is 47.3 Å². The Morgan fingerprint density at radius 1 is 1.04 bits per heavy atom. The zero-order valence-corrected chi connectivity index (χ0v) is 16.3. The number of amides is 1. The molecule has 4 nitrogen and oxygen atoms in total. The minimum atomic E-state index is -0.00966. The first-order valence-electron chi connectivity index (χ1n) is 8.71. The Balaban J connectivity index is 2.69. The number of hydrogen-bond donors (Lipinski definition) is 0. The molecular formula is C21H28N2O2. The van der Waals surface area contributed by atoms with Gasteiger partial charge >= 0.3 is 0 Å². The topological polar surface area (TPSA) is 42.4 Å². The van der Waals surface area contributed by atoms with Crippen molar-refractivity contribution in [1.82, 2.24) is 9.88 Å². The second-order valence-electron chi connectivity index (χ2n) is 6.92. The summed E-state index contributed by atoms with van der Waals surface area (Å²) in [5, 5.41) is 0. The van der Waals surface area contributed by atoms with Crippen LogP contribution >= 0.6 is 0 Å². The van der Waals surface area contributed by atoms with Crippen molar-refractivity contribution < 1.29 is 9.53 Å². The summed E-state index contributed by atoms with van der Waals surface area (Å²) in [6, 6.07) is 9.96. The van der Waals surface area contributed by atoms with Gasteiger partial charge in [0.15, 0.2) is 0 Å². The van der Waals surface area contributed by atoms with Gasteiger partial charge in [-0.1, -0.05) is 12.1 Å².